The lowest BCUT2D eigenvalue weighted by molar-refractivity contribution is -0.00679. The summed E-state index contributed by atoms with van der Waals surface area (Å²) in [5.41, 5.74) is 3.35. The zero-order valence-corrected chi connectivity index (χ0v) is 21.6. The van der Waals surface area contributed by atoms with Crippen molar-refractivity contribution in [3.8, 4) is 0 Å². The van der Waals surface area contributed by atoms with Crippen LogP contribution < -0.4 is 0 Å². The normalized spacial score (nSPS) is 17.6. The number of rotatable bonds is 5. The Morgan fingerprint density at radius 2 is 1.39 bits per heavy atom. The average Bonchev–Trinajstić information content (AvgIpc) is 3.09. The second-order valence-electron chi connectivity index (χ2n) is 8.79. The molecule has 0 saturated carbocycles. The number of nitrogens with zero attached hydrogens (tertiary/aromatic N) is 3. The molecule has 4 nitrogen and oxygen atoms in total. The molecule has 3 aromatic carbocycles. The highest BCUT2D eigenvalue weighted by Crippen LogP contribution is 2.37. The van der Waals surface area contributed by atoms with Gasteiger partial charge in [0.25, 0.3) is 0 Å². The highest BCUT2D eigenvalue weighted by atomic mass is 79.9. The standard InChI is InChI=1S/C26H26Br2FN3O/c1-17(33)26(31-12-10-30(11-13-31)16-18-2-6-21(29)7-3-18)32-24-8-4-19(27)14-22(24)23-15-20(28)5-9-25(23)32/h2-9,14-15,17,26,33H,10-13,16H2,1H3. The van der Waals surface area contributed by atoms with E-state index in [-0.39, 0.29) is 12.0 Å². The van der Waals surface area contributed by atoms with Crippen LogP contribution in [0.25, 0.3) is 21.8 Å². The first-order valence-electron chi connectivity index (χ1n) is 11.2. The summed E-state index contributed by atoms with van der Waals surface area (Å²) in [4.78, 5) is 4.78. The number of piperazine rings is 1. The number of aliphatic hydroxyl groups excluding tert-OH is 1. The van der Waals surface area contributed by atoms with Gasteiger partial charge in [0.05, 0.1) is 17.1 Å². The van der Waals surface area contributed by atoms with Crippen LogP contribution in [0.3, 0.4) is 0 Å². The maximum absolute atomic E-state index is 13.2. The Morgan fingerprint density at radius 3 is 1.91 bits per heavy atom. The third-order valence-electron chi connectivity index (χ3n) is 6.52. The van der Waals surface area contributed by atoms with Crippen molar-refractivity contribution < 1.29 is 9.50 Å². The number of hydrogen-bond donors (Lipinski definition) is 1. The van der Waals surface area contributed by atoms with Crippen molar-refractivity contribution in [2.24, 2.45) is 0 Å². The maximum Gasteiger partial charge on any atom is 0.123 e. The van der Waals surface area contributed by atoms with Crippen LogP contribution in [0.1, 0.15) is 18.7 Å². The topological polar surface area (TPSA) is 31.6 Å². The van der Waals surface area contributed by atoms with Gasteiger partial charge in [-0.05, 0) is 61.0 Å². The molecule has 2 heterocycles. The number of aromatic nitrogens is 1. The quantitative estimate of drug-likeness (QED) is 0.310. The predicted octanol–water partition coefficient (Wildman–Crippen LogP) is 6.16. The van der Waals surface area contributed by atoms with Crippen molar-refractivity contribution in [1.82, 2.24) is 14.4 Å². The minimum atomic E-state index is -0.542. The van der Waals surface area contributed by atoms with Crippen molar-refractivity contribution in [3.63, 3.8) is 0 Å². The molecular weight excluding hydrogens is 549 g/mol. The van der Waals surface area contributed by atoms with Gasteiger partial charge in [-0.15, -0.1) is 0 Å². The fourth-order valence-corrected chi connectivity index (χ4v) is 5.72. The monoisotopic (exact) mass is 573 g/mol. The Balaban J connectivity index is 1.45. The molecule has 7 heteroatoms. The van der Waals surface area contributed by atoms with Crippen LogP contribution in [0.5, 0.6) is 0 Å². The Bertz CT molecular complexity index is 1220. The second-order valence-corrected chi connectivity index (χ2v) is 10.6. The summed E-state index contributed by atoms with van der Waals surface area (Å²) in [5, 5.41) is 13.3. The third-order valence-corrected chi connectivity index (χ3v) is 7.51. The Kier molecular flexibility index (Phi) is 6.60. The summed E-state index contributed by atoms with van der Waals surface area (Å²) in [6.07, 6.45) is -0.708. The van der Waals surface area contributed by atoms with Crippen molar-refractivity contribution in [2.45, 2.75) is 25.7 Å². The molecule has 1 aromatic heterocycles. The fourth-order valence-electron chi connectivity index (χ4n) is 5.00. The van der Waals surface area contributed by atoms with Crippen LogP contribution in [0, 0.1) is 5.82 Å². The van der Waals surface area contributed by atoms with Gasteiger partial charge >= 0.3 is 0 Å². The second kappa shape index (κ2) is 9.47. The predicted molar refractivity (Wildman–Crippen MR) is 139 cm³/mol. The van der Waals surface area contributed by atoms with Crippen molar-refractivity contribution >= 4 is 53.7 Å². The molecule has 33 heavy (non-hydrogen) atoms. The van der Waals surface area contributed by atoms with Crippen LogP contribution in [-0.4, -0.2) is 51.8 Å². The Hall–Kier alpha value is -1.77. The molecule has 0 aliphatic carbocycles. The van der Waals surface area contributed by atoms with Gasteiger partial charge in [-0.3, -0.25) is 9.80 Å². The summed E-state index contributed by atoms with van der Waals surface area (Å²) in [7, 11) is 0. The summed E-state index contributed by atoms with van der Waals surface area (Å²) < 4.78 is 17.6. The van der Waals surface area contributed by atoms with Gasteiger partial charge in [-0.2, -0.15) is 0 Å². The summed E-state index contributed by atoms with van der Waals surface area (Å²) >= 11 is 7.24. The van der Waals surface area contributed by atoms with Gasteiger partial charge in [0.2, 0.25) is 0 Å². The Morgan fingerprint density at radius 1 is 0.848 bits per heavy atom. The zero-order chi connectivity index (χ0) is 23.1. The smallest absolute Gasteiger partial charge is 0.123 e. The first-order chi connectivity index (χ1) is 15.9. The molecule has 1 saturated heterocycles. The van der Waals surface area contributed by atoms with Crippen LogP contribution in [0.2, 0.25) is 0 Å². The van der Waals surface area contributed by atoms with Crippen LogP contribution in [-0.2, 0) is 6.54 Å². The molecule has 1 fully saturated rings. The molecule has 5 rings (SSSR count). The minimum Gasteiger partial charge on any atom is -0.390 e. The van der Waals surface area contributed by atoms with E-state index in [2.05, 4.69) is 82.6 Å². The Labute approximate surface area is 209 Å². The van der Waals surface area contributed by atoms with E-state index in [0.29, 0.717) is 0 Å². The van der Waals surface area contributed by atoms with E-state index < -0.39 is 6.10 Å². The van der Waals surface area contributed by atoms with Crippen molar-refractivity contribution in [2.75, 3.05) is 26.2 Å². The minimum absolute atomic E-state index is 0.166. The van der Waals surface area contributed by atoms with Gasteiger partial charge in [-0.1, -0.05) is 44.0 Å². The van der Waals surface area contributed by atoms with Crippen molar-refractivity contribution in [1.29, 1.82) is 0 Å². The SMILES string of the molecule is CC(O)C(N1CCN(Cc2ccc(F)cc2)CC1)n1c2ccc(Br)cc2c2cc(Br)ccc21. The van der Waals surface area contributed by atoms with Gasteiger partial charge in [-0.25, -0.2) is 4.39 Å². The molecule has 4 aromatic rings. The molecule has 2 unspecified atom stereocenters. The maximum atomic E-state index is 13.2. The van der Waals surface area contributed by atoms with E-state index in [4.69, 9.17) is 0 Å². The highest BCUT2D eigenvalue weighted by molar-refractivity contribution is 9.10. The number of benzene rings is 3. The number of aliphatic hydroxyl groups is 1. The van der Waals surface area contributed by atoms with E-state index in [0.717, 1.165) is 58.3 Å². The van der Waals surface area contributed by atoms with Crippen molar-refractivity contribution in [3.05, 3.63) is 81.0 Å². The van der Waals surface area contributed by atoms with E-state index in [1.165, 1.54) is 22.9 Å². The van der Waals surface area contributed by atoms with Gasteiger partial charge in [0, 0.05) is 52.4 Å². The summed E-state index contributed by atoms with van der Waals surface area (Å²) in [6.45, 7) is 6.19. The molecule has 0 radical (unpaired) electrons. The van der Waals surface area contributed by atoms with Gasteiger partial charge in [0.1, 0.15) is 12.0 Å². The zero-order valence-electron chi connectivity index (χ0n) is 18.4. The summed E-state index contributed by atoms with van der Waals surface area (Å²) in [6, 6.07) is 19.5. The van der Waals surface area contributed by atoms with E-state index in [1.807, 2.05) is 19.1 Å². The first-order valence-corrected chi connectivity index (χ1v) is 12.8. The molecule has 2 atom stereocenters. The van der Waals surface area contributed by atoms with E-state index in [1.54, 1.807) is 0 Å². The molecule has 0 spiro atoms. The summed E-state index contributed by atoms with van der Waals surface area (Å²) in [5.74, 6) is -0.200. The fraction of sp³-hybridized carbons (Fsp3) is 0.308. The highest BCUT2D eigenvalue weighted by Gasteiger charge is 2.31. The largest absolute Gasteiger partial charge is 0.390 e. The lowest BCUT2D eigenvalue weighted by Gasteiger charge is -2.41. The van der Waals surface area contributed by atoms with Crippen LogP contribution >= 0.6 is 31.9 Å². The average molecular weight is 575 g/mol. The van der Waals surface area contributed by atoms with Gasteiger partial charge < -0.3 is 9.67 Å². The van der Waals surface area contributed by atoms with Crippen LogP contribution in [0.4, 0.5) is 4.39 Å². The molecule has 1 N–H and O–H groups in total. The van der Waals surface area contributed by atoms with E-state index in [9.17, 15) is 9.50 Å². The molecule has 0 amide bonds. The molecule has 1 aliphatic rings. The van der Waals surface area contributed by atoms with Crippen LogP contribution in [0.15, 0.2) is 69.6 Å². The molecule has 0 bridgehead atoms. The van der Waals surface area contributed by atoms with E-state index >= 15 is 0 Å². The molecular formula is C26H26Br2FN3O. The third kappa shape index (κ3) is 4.62. The molecule has 1 aliphatic heterocycles. The lowest BCUT2D eigenvalue weighted by Crippen LogP contribution is -2.50. The van der Waals surface area contributed by atoms with Gasteiger partial charge in [0.15, 0.2) is 0 Å². The number of fused-ring (bicyclic) bond motifs is 3. The first kappa shape index (κ1) is 23.0. The number of hydrogen-bond acceptors (Lipinski definition) is 3. The number of halogens is 3. The molecule has 172 valence electrons. The lowest BCUT2D eigenvalue weighted by atomic mass is 10.1.